The van der Waals surface area contributed by atoms with Crippen LogP contribution in [0.25, 0.3) is 22.5 Å². The first-order chi connectivity index (χ1) is 11.0. The standard InChI is InChI=1S/C16H10ClF2N3O/c17-11-5-8(1-4-13(11)23)15-16(22-14(20)7-21-15)10-3-2-9(18)6-12(10)19/h1-7,23H,(H2,20,22). The molecule has 3 N–H and O–H groups in total. The summed E-state index contributed by atoms with van der Waals surface area (Å²) in [6.45, 7) is 0. The van der Waals surface area contributed by atoms with Crippen molar-refractivity contribution in [1.29, 1.82) is 0 Å². The van der Waals surface area contributed by atoms with Gasteiger partial charge in [0.1, 0.15) is 28.9 Å². The van der Waals surface area contributed by atoms with Crippen LogP contribution < -0.4 is 5.73 Å². The van der Waals surface area contributed by atoms with Gasteiger partial charge in [0.15, 0.2) is 0 Å². The lowest BCUT2D eigenvalue weighted by atomic mass is 10.0. The lowest BCUT2D eigenvalue weighted by Gasteiger charge is -2.10. The van der Waals surface area contributed by atoms with E-state index >= 15 is 0 Å². The molecule has 0 amide bonds. The molecule has 1 heterocycles. The Bertz CT molecular complexity index is 902. The van der Waals surface area contributed by atoms with Crippen molar-refractivity contribution in [2.75, 3.05) is 5.73 Å². The molecule has 0 unspecified atom stereocenters. The van der Waals surface area contributed by atoms with Gasteiger partial charge >= 0.3 is 0 Å². The first-order valence-corrected chi connectivity index (χ1v) is 6.90. The zero-order valence-corrected chi connectivity index (χ0v) is 12.4. The minimum atomic E-state index is -0.781. The fraction of sp³-hybridized carbons (Fsp3) is 0. The fourth-order valence-corrected chi connectivity index (χ4v) is 2.32. The molecule has 0 aliphatic heterocycles. The van der Waals surface area contributed by atoms with E-state index in [1.54, 1.807) is 6.07 Å². The largest absolute Gasteiger partial charge is 0.506 e. The second kappa shape index (κ2) is 5.81. The third kappa shape index (κ3) is 2.93. The molecule has 4 nitrogen and oxygen atoms in total. The molecule has 0 radical (unpaired) electrons. The molecule has 7 heteroatoms. The van der Waals surface area contributed by atoms with Gasteiger partial charge < -0.3 is 10.8 Å². The molecule has 0 fully saturated rings. The van der Waals surface area contributed by atoms with E-state index in [0.717, 1.165) is 12.1 Å². The number of aromatic hydroxyl groups is 1. The second-order valence-electron chi connectivity index (χ2n) is 4.78. The Hall–Kier alpha value is -2.73. The van der Waals surface area contributed by atoms with Crippen LogP contribution in [0.4, 0.5) is 14.6 Å². The van der Waals surface area contributed by atoms with Gasteiger partial charge in [0.2, 0.25) is 0 Å². The van der Waals surface area contributed by atoms with Crippen molar-refractivity contribution < 1.29 is 13.9 Å². The van der Waals surface area contributed by atoms with Crippen LogP contribution in [0.1, 0.15) is 0 Å². The molecule has 3 rings (SSSR count). The van der Waals surface area contributed by atoms with Crippen LogP contribution in [0.5, 0.6) is 5.75 Å². The number of hydrogen-bond donors (Lipinski definition) is 2. The van der Waals surface area contributed by atoms with E-state index in [1.807, 2.05) is 0 Å². The lowest BCUT2D eigenvalue weighted by molar-refractivity contribution is 0.475. The van der Waals surface area contributed by atoms with Crippen LogP contribution in [0.2, 0.25) is 5.02 Å². The molecular formula is C16H10ClF2N3O. The smallest absolute Gasteiger partial charge is 0.142 e. The highest BCUT2D eigenvalue weighted by molar-refractivity contribution is 6.32. The van der Waals surface area contributed by atoms with Crippen LogP contribution in [0, 0.1) is 11.6 Å². The van der Waals surface area contributed by atoms with Gasteiger partial charge in [-0.05, 0) is 30.3 Å². The van der Waals surface area contributed by atoms with Crippen molar-refractivity contribution in [3.05, 3.63) is 59.3 Å². The number of phenols is 1. The van der Waals surface area contributed by atoms with E-state index in [0.29, 0.717) is 11.3 Å². The number of anilines is 1. The molecule has 23 heavy (non-hydrogen) atoms. The molecule has 0 saturated heterocycles. The van der Waals surface area contributed by atoms with E-state index in [4.69, 9.17) is 17.3 Å². The van der Waals surface area contributed by atoms with Crippen LogP contribution in [0.3, 0.4) is 0 Å². The Labute approximate surface area is 135 Å². The van der Waals surface area contributed by atoms with E-state index < -0.39 is 11.6 Å². The first-order valence-electron chi connectivity index (χ1n) is 6.52. The maximum atomic E-state index is 14.1. The van der Waals surface area contributed by atoms with Gasteiger partial charge in [-0.3, -0.25) is 4.98 Å². The number of nitrogen functional groups attached to an aromatic ring is 1. The molecule has 0 aliphatic rings. The van der Waals surface area contributed by atoms with Crippen molar-refractivity contribution in [2.45, 2.75) is 0 Å². The molecule has 1 aromatic heterocycles. The summed E-state index contributed by atoms with van der Waals surface area (Å²) < 4.78 is 27.2. The van der Waals surface area contributed by atoms with Gasteiger partial charge in [-0.1, -0.05) is 11.6 Å². The van der Waals surface area contributed by atoms with Gasteiger partial charge in [-0.15, -0.1) is 0 Å². The van der Waals surface area contributed by atoms with Gasteiger partial charge in [0.25, 0.3) is 0 Å². The van der Waals surface area contributed by atoms with Crippen LogP contribution in [-0.2, 0) is 0 Å². The number of nitrogens with zero attached hydrogens (tertiary/aromatic N) is 2. The lowest BCUT2D eigenvalue weighted by Crippen LogP contribution is -2.00. The van der Waals surface area contributed by atoms with Gasteiger partial charge in [-0.2, -0.15) is 0 Å². The maximum Gasteiger partial charge on any atom is 0.142 e. The fourth-order valence-electron chi connectivity index (χ4n) is 2.14. The molecule has 0 atom stereocenters. The molecule has 116 valence electrons. The Morgan fingerprint density at radius 2 is 1.83 bits per heavy atom. The molecule has 0 saturated carbocycles. The second-order valence-corrected chi connectivity index (χ2v) is 5.19. The predicted molar refractivity (Wildman–Crippen MR) is 83.9 cm³/mol. The van der Waals surface area contributed by atoms with E-state index in [-0.39, 0.29) is 27.8 Å². The van der Waals surface area contributed by atoms with Crippen molar-refractivity contribution >= 4 is 17.4 Å². The average Bonchev–Trinajstić information content (AvgIpc) is 2.50. The Morgan fingerprint density at radius 1 is 1.04 bits per heavy atom. The highest BCUT2D eigenvalue weighted by Gasteiger charge is 2.16. The summed E-state index contributed by atoms with van der Waals surface area (Å²) in [5.41, 5.74) is 6.68. The van der Waals surface area contributed by atoms with Crippen molar-refractivity contribution in [1.82, 2.24) is 9.97 Å². The first kappa shape index (κ1) is 15.2. The van der Waals surface area contributed by atoms with Crippen LogP contribution in [-0.4, -0.2) is 15.1 Å². The number of aromatic nitrogens is 2. The zero-order valence-electron chi connectivity index (χ0n) is 11.6. The zero-order chi connectivity index (χ0) is 16.6. The number of benzene rings is 2. The van der Waals surface area contributed by atoms with Gasteiger partial charge in [0.05, 0.1) is 16.9 Å². The highest BCUT2D eigenvalue weighted by Crippen LogP contribution is 2.34. The summed E-state index contributed by atoms with van der Waals surface area (Å²) in [5, 5.41) is 9.62. The molecule has 0 spiro atoms. The minimum absolute atomic E-state index is 0.0606. The summed E-state index contributed by atoms with van der Waals surface area (Å²) in [5.74, 6) is -1.47. The van der Waals surface area contributed by atoms with Crippen LogP contribution in [0.15, 0.2) is 42.6 Å². The molecule has 0 bridgehead atoms. The normalized spacial score (nSPS) is 10.7. The highest BCUT2D eigenvalue weighted by atomic mass is 35.5. The quantitative estimate of drug-likeness (QED) is 0.742. The molecule has 2 aromatic carbocycles. The SMILES string of the molecule is Nc1cnc(-c2ccc(O)c(Cl)c2)c(-c2ccc(F)cc2F)n1. The summed E-state index contributed by atoms with van der Waals surface area (Å²) in [6.07, 6.45) is 1.32. The third-order valence-electron chi connectivity index (χ3n) is 3.20. The average molecular weight is 334 g/mol. The van der Waals surface area contributed by atoms with Crippen molar-refractivity contribution in [2.24, 2.45) is 0 Å². The van der Waals surface area contributed by atoms with Crippen molar-refractivity contribution in [3.8, 4) is 28.3 Å². The summed E-state index contributed by atoms with van der Waals surface area (Å²) >= 11 is 5.90. The van der Waals surface area contributed by atoms with E-state index in [2.05, 4.69) is 9.97 Å². The number of phenolic OH excluding ortho intramolecular Hbond substituents is 1. The minimum Gasteiger partial charge on any atom is -0.506 e. The van der Waals surface area contributed by atoms with E-state index in [9.17, 15) is 13.9 Å². The number of rotatable bonds is 2. The van der Waals surface area contributed by atoms with Crippen LogP contribution >= 0.6 is 11.6 Å². The number of nitrogens with two attached hydrogens (primary N) is 1. The molecule has 0 aliphatic carbocycles. The van der Waals surface area contributed by atoms with Crippen molar-refractivity contribution in [3.63, 3.8) is 0 Å². The Balaban J connectivity index is 2.24. The third-order valence-corrected chi connectivity index (χ3v) is 3.50. The Kier molecular flexibility index (Phi) is 3.83. The Morgan fingerprint density at radius 3 is 2.52 bits per heavy atom. The predicted octanol–water partition coefficient (Wildman–Crippen LogP) is 4.03. The summed E-state index contributed by atoms with van der Waals surface area (Å²) in [6, 6.07) is 7.57. The summed E-state index contributed by atoms with van der Waals surface area (Å²) in [4.78, 5) is 8.28. The summed E-state index contributed by atoms with van der Waals surface area (Å²) in [7, 11) is 0. The van der Waals surface area contributed by atoms with E-state index in [1.165, 1.54) is 24.4 Å². The van der Waals surface area contributed by atoms with Gasteiger partial charge in [0, 0.05) is 17.2 Å². The van der Waals surface area contributed by atoms with Gasteiger partial charge in [-0.25, -0.2) is 13.8 Å². The maximum absolute atomic E-state index is 14.1. The topological polar surface area (TPSA) is 72.0 Å². The number of hydrogen-bond acceptors (Lipinski definition) is 4. The number of halogens is 3. The monoisotopic (exact) mass is 333 g/mol. The molecular weight excluding hydrogens is 324 g/mol. The molecule has 3 aromatic rings.